The zero-order chi connectivity index (χ0) is 19.7. The highest BCUT2D eigenvalue weighted by Crippen LogP contribution is 2.31. The average molecular weight is 385 g/mol. The van der Waals surface area contributed by atoms with Gasteiger partial charge in [0.1, 0.15) is 6.04 Å². The summed E-state index contributed by atoms with van der Waals surface area (Å²) in [5.41, 5.74) is 9.84. The molecule has 0 bridgehead atoms. The fourth-order valence-corrected chi connectivity index (χ4v) is 4.91. The Morgan fingerprint density at radius 3 is 2.50 bits per heavy atom. The first kappa shape index (κ1) is 19.4. The highest BCUT2D eigenvalue weighted by atomic mass is 16.2. The number of nitrogens with zero attached hydrogens (tertiary/aromatic N) is 1. The number of carbonyl (C=O) groups is 2. The van der Waals surface area contributed by atoms with Gasteiger partial charge >= 0.3 is 0 Å². The maximum absolute atomic E-state index is 13.0. The molecule has 3 atom stereocenters. The molecule has 3 aliphatic rings. The molecule has 1 saturated carbocycles. The Morgan fingerprint density at radius 2 is 1.75 bits per heavy atom. The van der Waals surface area contributed by atoms with Crippen molar-refractivity contribution in [1.29, 1.82) is 0 Å². The first-order valence-corrected chi connectivity index (χ1v) is 10.7. The summed E-state index contributed by atoms with van der Waals surface area (Å²) in [6, 6.07) is 6.34. The molecule has 1 aromatic carbocycles. The van der Waals surface area contributed by atoms with E-state index in [2.05, 4.69) is 30.0 Å². The molecule has 6 nitrogen and oxygen atoms in total. The highest BCUT2D eigenvalue weighted by molar-refractivity contribution is 5.93. The largest absolute Gasteiger partial charge is 0.341 e. The van der Waals surface area contributed by atoms with Crippen LogP contribution >= 0.6 is 0 Å². The molecule has 1 aromatic rings. The molecular formula is C22H32N4O2. The van der Waals surface area contributed by atoms with Crippen molar-refractivity contribution in [1.82, 2.24) is 15.8 Å². The molecule has 28 heavy (non-hydrogen) atoms. The third kappa shape index (κ3) is 3.94. The maximum Gasteiger partial charge on any atom is 0.241 e. The van der Waals surface area contributed by atoms with Crippen molar-refractivity contribution >= 4 is 17.5 Å². The number of hydrazine groups is 1. The minimum Gasteiger partial charge on any atom is -0.341 e. The van der Waals surface area contributed by atoms with Crippen LogP contribution in [0.15, 0.2) is 18.2 Å². The molecule has 0 radical (unpaired) electrons. The number of fused-ring (bicyclic) bond motifs is 1. The van der Waals surface area contributed by atoms with E-state index < -0.39 is 0 Å². The predicted molar refractivity (Wildman–Crippen MR) is 110 cm³/mol. The van der Waals surface area contributed by atoms with Crippen molar-refractivity contribution in [3.63, 3.8) is 0 Å². The van der Waals surface area contributed by atoms with E-state index in [0.717, 1.165) is 31.4 Å². The number of rotatable bonds is 3. The lowest BCUT2D eigenvalue weighted by molar-refractivity contribution is -0.137. The van der Waals surface area contributed by atoms with Gasteiger partial charge in [0.15, 0.2) is 0 Å². The van der Waals surface area contributed by atoms with Crippen LogP contribution in [0.4, 0.5) is 5.69 Å². The summed E-state index contributed by atoms with van der Waals surface area (Å²) in [4.78, 5) is 27.6. The quantitative estimate of drug-likeness (QED) is 0.749. The molecule has 2 amide bonds. The van der Waals surface area contributed by atoms with Gasteiger partial charge in [0.25, 0.3) is 0 Å². The van der Waals surface area contributed by atoms with Crippen molar-refractivity contribution in [2.45, 2.75) is 64.5 Å². The number of aryl methyl sites for hydroxylation is 2. The van der Waals surface area contributed by atoms with Gasteiger partial charge in [-0.25, -0.2) is 5.43 Å². The Kier molecular flexibility index (Phi) is 5.69. The molecule has 3 unspecified atom stereocenters. The highest BCUT2D eigenvalue weighted by Gasteiger charge is 2.43. The van der Waals surface area contributed by atoms with E-state index in [9.17, 15) is 9.59 Å². The lowest BCUT2D eigenvalue weighted by Gasteiger charge is -2.35. The van der Waals surface area contributed by atoms with Gasteiger partial charge in [-0.1, -0.05) is 18.9 Å². The van der Waals surface area contributed by atoms with Gasteiger partial charge in [-0.15, -0.1) is 0 Å². The van der Waals surface area contributed by atoms with Crippen molar-refractivity contribution in [3.05, 3.63) is 29.3 Å². The number of hydrogen-bond donors (Lipinski definition) is 3. The van der Waals surface area contributed by atoms with Crippen molar-refractivity contribution in [3.8, 4) is 0 Å². The number of amides is 2. The summed E-state index contributed by atoms with van der Waals surface area (Å²) in [6.07, 6.45) is 6.21. The number of benzene rings is 1. The van der Waals surface area contributed by atoms with Crippen LogP contribution in [0.5, 0.6) is 0 Å². The van der Waals surface area contributed by atoms with E-state index in [1.54, 1.807) is 0 Å². The number of hydrogen-bond acceptors (Lipinski definition) is 4. The first-order valence-electron chi connectivity index (χ1n) is 10.7. The summed E-state index contributed by atoms with van der Waals surface area (Å²) in [6.45, 7) is 5.45. The van der Waals surface area contributed by atoms with Gasteiger partial charge in [0.05, 0.1) is 0 Å². The summed E-state index contributed by atoms with van der Waals surface area (Å²) in [5, 5.41) is 3.05. The molecule has 0 spiro atoms. The minimum atomic E-state index is -0.105. The number of anilines is 1. The van der Waals surface area contributed by atoms with Gasteiger partial charge in [0, 0.05) is 36.7 Å². The Bertz CT molecular complexity index is 742. The summed E-state index contributed by atoms with van der Waals surface area (Å²) < 4.78 is 0. The van der Waals surface area contributed by atoms with E-state index in [0.29, 0.717) is 25.0 Å². The number of carbonyl (C=O) groups excluding carboxylic acids is 2. The third-order valence-electron chi connectivity index (χ3n) is 6.89. The second kappa shape index (κ2) is 8.21. The van der Waals surface area contributed by atoms with E-state index in [1.165, 1.54) is 24.0 Å². The molecule has 3 fully saturated rings. The standard InChI is InChI=1S/C22H32N4O2/c1-14-7-8-17(13-15(14)2)23-21(27)16-9-11-26(12-10-16)22(28)20-18-5-3-4-6-19(18)24-25-20/h7-8,13,16,18-20,24-25H,3-6,9-12H2,1-2H3,(H,23,27). The van der Waals surface area contributed by atoms with Crippen LogP contribution in [-0.2, 0) is 9.59 Å². The lowest BCUT2D eigenvalue weighted by atomic mass is 9.81. The van der Waals surface area contributed by atoms with Gasteiger partial charge < -0.3 is 10.2 Å². The fraction of sp³-hybridized carbons (Fsp3) is 0.636. The second-order valence-electron chi connectivity index (χ2n) is 8.71. The maximum atomic E-state index is 13.0. The van der Waals surface area contributed by atoms with Crippen molar-refractivity contribution in [2.75, 3.05) is 18.4 Å². The van der Waals surface area contributed by atoms with E-state index in [4.69, 9.17) is 0 Å². The van der Waals surface area contributed by atoms with Gasteiger partial charge in [0.2, 0.25) is 11.8 Å². The number of piperidine rings is 1. The molecule has 0 aromatic heterocycles. The van der Waals surface area contributed by atoms with Crippen LogP contribution in [-0.4, -0.2) is 41.9 Å². The SMILES string of the molecule is Cc1ccc(NC(=O)C2CCN(C(=O)C3NNC4CCCCC43)CC2)cc1C. The smallest absolute Gasteiger partial charge is 0.241 e. The van der Waals surface area contributed by atoms with Crippen LogP contribution < -0.4 is 16.2 Å². The summed E-state index contributed by atoms with van der Waals surface area (Å²) in [5.74, 6) is 0.660. The van der Waals surface area contributed by atoms with Gasteiger partial charge in [-0.2, -0.15) is 0 Å². The van der Waals surface area contributed by atoms with Crippen LogP contribution in [0.1, 0.15) is 49.7 Å². The van der Waals surface area contributed by atoms with Crippen LogP contribution in [0.25, 0.3) is 0 Å². The van der Waals surface area contributed by atoms with E-state index in [1.807, 2.05) is 23.1 Å². The second-order valence-corrected chi connectivity index (χ2v) is 8.71. The molecule has 2 saturated heterocycles. The molecule has 1 aliphatic carbocycles. The molecule has 152 valence electrons. The van der Waals surface area contributed by atoms with Crippen molar-refractivity contribution in [2.24, 2.45) is 11.8 Å². The normalized spacial score (nSPS) is 28.1. The Morgan fingerprint density at radius 1 is 1.00 bits per heavy atom. The van der Waals surface area contributed by atoms with Crippen LogP contribution in [0, 0.1) is 25.7 Å². The topological polar surface area (TPSA) is 73.5 Å². The molecular weight excluding hydrogens is 352 g/mol. The molecule has 6 heteroatoms. The first-order chi connectivity index (χ1) is 13.5. The molecule has 4 rings (SSSR count). The van der Waals surface area contributed by atoms with E-state index >= 15 is 0 Å². The fourth-order valence-electron chi connectivity index (χ4n) is 4.91. The molecule has 3 N–H and O–H groups in total. The zero-order valence-electron chi connectivity index (χ0n) is 17.0. The number of nitrogens with one attached hydrogen (secondary N) is 3. The Hall–Kier alpha value is -1.92. The third-order valence-corrected chi connectivity index (χ3v) is 6.89. The number of likely N-dealkylation sites (tertiary alicyclic amines) is 1. The Balaban J connectivity index is 1.29. The van der Waals surface area contributed by atoms with Gasteiger partial charge in [-0.05, 0) is 62.8 Å². The minimum absolute atomic E-state index is 0.0252. The molecule has 2 heterocycles. The monoisotopic (exact) mass is 384 g/mol. The van der Waals surface area contributed by atoms with Crippen LogP contribution in [0.2, 0.25) is 0 Å². The summed E-state index contributed by atoms with van der Waals surface area (Å²) >= 11 is 0. The van der Waals surface area contributed by atoms with E-state index in [-0.39, 0.29) is 23.8 Å². The average Bonchev–Trinajstić information content (AvgIpc) is 3.14. The molecule has 2 aliphatic heterocycles. The Labute approximate surface area is 167 Å². The zero-order valence-corrected chi connectivity index (χ0v) is 17.0. The lowest BCUT2D eigenvalue weighted by Crippen LogP contribution is -2.51. The van der Waals surface area contributed by atoms with Crippen molar-refractivity contribution < 1.29 is 9.59 Å². The van der Waals surface area contributed by atoms with Crippen LogP contribution in [0.3, 0.4) is 0 Å². The summed E-state index contributed by atoms with van der Waals surface area (Å²) in [7, 11) is 0. The predicted octanol–water partition coefficient (Wildman–Crippen LogP) is 2.52. The van der Waals surface area contributed by atoms with Gasteiger partial charge in [-0.3, -0.25) is 15.0 Å².